The number of aliphatic hydroxyl groups is 1. The zero-order valence-electron chi connectivity index (χ0n) is 12.2. The summed E-state index contributed by atoms with van der Waals surface area (Å²) in [4.78, 5) is 0.404. The summed E-state index contributed by atoms with van der Waals surface area (Å²) in [6.07, 6.45) is 2.04. The van der Waals surface area contributed by atoms with E-state index in [1.165, 1.54) is 4.31 Å². The van der Waals surface area contributed by atoms with Crippen LogP contribution in [0.3, 0.4) is 0 Å². The van der Waals surface area contributed by atoms with Crippen LogP contribution in [0.15, 0.2) is 17.0 Å². The first kappa shape index (κ1) is 14.0. The summed E-state index contributed by atoms with van der Waals surface area (Å²) in [6, 6.07) is 3.79. The van der Waals surface area contributed by atoms with Crippen molar-refractivity contribution in [3.63, 3.8) is 0 Å². The number of rotatable bonds is 3. The quantitative estimate of drug-likeness (QED) is 0.924. The Labute approximate surface area is 120 Å². The molecule has 0 spiro atoms. The third-order valence-corrected chi connectivity index (χ3v) is 6.54. The fraction of sp³-hybridized carbons (Fsp3) is 0.600. The number of nitrogens with zero attached hydrogens (tertiary/aromatic N) is 1. The maximum Gasteiger partial charge on any atom is 0.243 e. The molecular formula is C15H21NO3S. The van der Waals surface area contributed by atoms with Gasteiger partial charge < -0.3 is 5.11 Å². The van der Waals surface area contributed by atoms with Gasteiger partial charge in [-0.15, -0.1) is 0 Å². The topological polar surface area (TPSA) is 57.6 Å². The molecule has 0 aromatic heterocycles. The van der Waals surface area contributed by atoms with Crippen LogP contribution in [-0.2, 0) is 10.0 Å². The van der Waals surface area contributed by atoms with Gasteiger partial charge in [0.2, 0.25) is 10.0 Å². The maximum atomic E-state index is 12.7. The molecule has 1 saturated carbocycles. The molecule has 0 radical (unpaired) electrons. The lowest BCUT2D eigenvalue weighted by Crippen LogP contribution is -2.64. The zero-order valence-corrected chi connectivity index (χ0v) is 13.0. The Balaban J connectivity index is 1.90. The minimum Gasteiger partial charge on any atom is -0.387 e. The van der Waals surface area contributed by atoms with Crippen LogP contribution in [0.2, 0.25) is 0 Å². The van der Waals surface area contributed by atoms with Gasteiger partial charge in [-0.05, 0) is 50.7 Å². The van der Waals surface area contributed by atoms with E-state index in [2.05, 4.69) is 0 Å². The van der Waals surface area contributed by atoms with Crippen LogP contribution in [0.25, 0.3) is 0 Å². The van der Waals surface area contributed by atoms with Gasteiger partial charge in [0.25, 0.3) is 0 Å². The third-order valence-electron chi connectivity index (χ3n) is 4.44. The minimum atomic E-state index is -3.48. The molecule has 110 valence electrons. The highest BCUT2D eigenvalue weighted by atomic mass is 32.2. The molecule has 2 aliphatic rings. The fourth-order valence-electron chi connectivity index (χ4n) is 3.32. The zero-order chi connectivity index (χ0) is 14.7. The summed E-state index contributed by atoms with van der Waals surface area (Å²) in [7, 11) is -3.48. The van der Waals surface area contributed by atoms with E-state index in [1.807, 2.05) is 32.9 Å². The highest BCUT2D eigenvalue weighted by Gasteiger charge is 2.55. The normalized spacial score (nSPS) is 22.6. The van der Waals surface area contributed by atoms with Crippen molar-refractivity contribution in [3.8, 4) is 0 Å². The molecule has 0 atom stereocenters. The molecule has 20 heavy (non-hydrogen) atoms. The smallest absolute Gasteiger partial charge is 0.243 e. The van der Waals surface area contributed by atoms with E-state index in [9.17, 15) is 13.5 Å². The molecule has 4 nitrogen and oxygen atoms in total. The molecule has 0 bridgehead atoms. The second kappa shape index (κ2) is 4.29. The molecular weight excluding hydrogens is 274 g/mol. The van der Waals surface area contributed by atoms with Crippen LogP contribution in [0, 0.1) is 26.7 Å². The lowest BCUT2D eigenvalue weighted by atomic mass is 9.91. The predicted octanol–water partition coefficient (Wildman–Crippen LogP) is 1.76. The van der Waals surface area contributed by atoms with E-state index >= 15 is 0 Å². The standard InChI is InChI=1S/C15H21NO3S/c1-10-6-11(2)14(12(3)7-10)20(18,19)16-8-15(17,9-16)13-4-5-13/h6-7,13,17H,4-5,8-9H2,1-3H3. The van der Waals surface area contributed by atoms with Crippen LogP contribution >= 0.6 is 0 Å². The fourth-order valence-corrected chi connectivity index (χ4v) is 5.29. The van der Waals surface area contributed by atoms with Crippen molar-refractivity contribution in [2.75, 3.05) is 13.1 Å². The molecule has 1 heterocycles. The SMILES string of the molecule is Cc1cc(C)c(S(=O)(=O)N2CC(O)(C3CC3)C2)c(C)c1. The Morgan fingerprint density at radius 2 is 1.65 bits per heavy atom. The minimum absolute atomic E-state index is 0.243. The van der Waals surface area contributed by atoms with Crippen LogP contribution in [0.5, 0.6) is 0 Å². The molecule has 3 rings (SSSR count). The van der Waals surface area contributed by atoms with Gasteiger partial charge in [-0.3, -0.25) is 0 Å². The van der Waals surface area contributed by atoms with Gasteiger partial charge in [0.15, 0.2) is 0 Å². The molecule has 1 aliphatic heterocycles. The molecule has 1 aliphatic carbocycles. The van der Waals surface area contributed by atoms with Crippen LogP contribution in [0.4, 0.5) is 0 Å². The van der Waals surface area contributed by atoms with E-state index < -0.39 is 15.6 Å². The maximum absolute atomic E-state index is 12.7. The van der Waals surface area contributed by atoms with Gasteiger partial charge in [-0.1, -0.05) is 17.7 Å². The highest BCUT2D eigenvalue weighted by molar-refractivity contribution is 7.89. The van der Waals surface area contributed by atoms with E-state index in [0.717, 1.165) is 29.5 Å². The van der Waals surface area contributed by atoms with E-state index in [4.69, 9.17) is 0 Å². The van der Waals surface area contributed by atoms with Gasteiger partial charge in [0, 0.05) is 13.1 Å². The van der Waals surface area contributed by atoms with Crippen molar-refractivity contribution >= 4 is 10.0 Å². The van der Waals surface area contributed by atoms with Gasteiger partial charge in [0.05, 0.1) is 10.5 Å². The molecule has 0 unspecified atom stereocenters. The Morgan fingerprint density at radius 1 is 1.15 bits per heavy atom. The largest absolute Gasteiger partial charge is 0.387 e. The molecule has 0 amide bonds. The molecule has 1 aromatic carbocycles. The molecule has 1 N–H and O–H groups in total. The van der Waals surface area contributed by atoms with Crippen molar-refractivity contribution < 1.29 is 13.5 Å². The Kier molecular flexibility index (Phi) is 3.01. The van der Waals surface area contributed by atoms with Gasteiger partial charge in [0.1, 0.15) is 0 Å². The predicted molar refractivity (Wildman–Crippen MR) is 77.1 cm³/mol. The molecule has 1 saturated heterocycles. The number of hydrogen-bond donors (Lipinski definition) is 1. The summed E-state index contributed by atoms with van der Waals surface area (Å²) < 4.78 is 26.8. The second-order valence-corrected chi connectivity index (χ2v) is 8.25. The molecule has 2 fully saturated rings. The van der Waals surface area contributed by atoms with Crippen molar-refractivity contribution in [2.24, 2.45) is 5.92 Å². The first-order chi connectivity index (χ1) is 9.24. The van der Waals surface area contributed by atoms with Gasteiger partial charge >= 0.3 is 0 Å². The van der Waals surface area contributed by atoms with Gasteiger partial charge in [-0.2, -0.15) is 4.31 Å². The van der Waals surface area contributed by atoms with Crippen LogP contribution in [-0.4, -0.2) is 36.5 Å². The summed E-state index contributed by atoms with van der Waals surface area (Å²) in [6.45, 7) is 6.12. The van der Waals surface area contributed by atoms with E-state index in [-0.39, 0.29) is 13.1 Å². The van der Waals surface area contributed by atoms with Crippen molar-refractivity contribution in [1.82, 2.24) is 4.31 Å². The second-order valence-electron chi connectivity index (χ2n) is 6.38. The Morgan fingerprint density at radius 3 is 2.10 bits per heavy atom. The summed E-state index contributed by atoms with van der Waals surface area (Å²) in [5, 5.41) is 10.3. The number of β-amino-alcohol motifs (C(OH)–C–C–N with tert-alkyl or cyclic N) is 1. The van der Waals surface area contributed by atoms with Crippen molar-refractivity contribution in [1.29, 1.82) is 0 Å². The molecule has 1 aromatic rings. The van der Waals surface area contributed by atoms with Crippen LogP contribution < -0.4 is 0 Å². The number of hydrogen-bond acceptors (Lipinski definition) is 3. The van der Waals surface area contributed by atoms with Crippen molar-refractivity contribution in [3.05, 3.63) is 28.8 Å². The van der Waals surface area contributed by atoms with Gasteiger partial charge in [-0.25, -0.2) is 8.42 Å². The van der Waals surface area contributed by atoms with E-state index in [1.54, 1.807) is 0 Å². The Bertz CT molecular complexity index is 633. The number of sulfonamides is 1. The number of aryl methyl sites for hydroxylation is 3. The Hall–Kier alpha value is -0.910. The molecule has 5 heteroatoms. The summed E-state index contributed by atoms with van der Waals surface area (Å²) in [5.41, 5.74) is 1.85. The monoisotopic (exact) mass is 295 g/mol. The first-order valence-corrected chi connectivity index (χ1v) is 8.48. The van der Waals surface area contributed by atoms with Crippen molar-refractivity contribution in [2.45, 2.75) is 44.1 Å². The lowest BCUT2D eigenvalue weighted by Gasteiger charge is -2.46. The van der Waals surface area contributed by atoms with E-state index in [0.29, 0.717) is 10.8 Å². The summed E-state index contributed by atoms with van der Waals surface area (Å²) >= 11 is 0. The summed E-state index contributed by atoms with van der Waals surface area (Å²) in [5.74, 6) is 0.300. The van der Waals surface area contributed by atoms with Crippen LogP contribution in [0.1, 0.15) is 29.5 Å². The average molecular weight is 295 g/mol. The lowest BCUT2D eigenvalue weighted by molar-refractivity contribution is -0.0765. The average Bonchev–Trinajstić information content (AvgIpc) is 3.06. The highest BCUT2D eigenvalue weighted by Crippen LogP contribution is 2.46. The number of benzene rings is 1. The third kappa shape index (κ3) is 2.08. The first-order valence-electron chi connectivity index (χ1n) is 7.04.